The van der Waals surface area contributed by atoms with Crippen LogP contribution in [0.15, 0.2) is 54.1 Å². The number of aryl methyl sites for hydroxylation is 1. The zero-order chi connectivity index (χ0) is 27.3. The van der Waals surface area contributed by atoms with E-state index in [1.54, 1.807) is 25.1 Å². The number of hydrogen-bond acceptors (Lipinski definition) is 6. The molecule has 2 saturated heterocycles. The minimum Gasteiger partial charge on any atom is -0.508 e. The fraction of sp³-hybridized carbons (Fsp3) is 0.333. The van der Waals surface area contributed by atoms with Crippen LogP contribution in [0.5, 0.6) is 5.75 Å². The van der Waals surface area contributed by atoms with Gasteiger partial charge >= 0.3 is 0 Å². The SMILES string of the molecule is Cc1cc(C2C3=CCC4C(=O)N(O)C(=O)C4C3CC3(Cl)C(=O)N(c4ccc(F)cc4)C(=O)C23Cl)ccc1O. The van der Waals surface area contributed by atoms with Gasteiger partial charge in [-0.05, 0) is 67.1 Å². The summed E-state index contributed by atoms with van der Waals surface area (Å²) in [7, 11) is 0. The number of anilines is 1. The Bertz CT molecular complexity index is 1480. The van der Waals surface area contributed by atoms with E-state index in [1.165, 1.54) is 18.2 Å². The molecule has 2 aromatic carbocycles. The van der Waals surface area contributed by atoms with E-state index in [1.807, 2.05) is 0 Å². The number of phenols is 1. The summed E-state index contributed by atoms with van der Waals surface area (Å²) >= 11 is 14.4. The van der Waals surface area contributed by atoms with Crippen LogP contribution in [-0.4, -0.2) is 48.8 Å². The maximum atomic E-state index is 14.1. The van der Waals surface area contributed by atoms with E-state index in [0.29, 0.717) is 16.7 Å². The van der Waals surface area contributed by atoms with E-state index >= 15 is 0 Å². The van der Waals surface area contributed by atoms with Gasteiger partial charge in [0.25, 0.3) is 23.6 Å². The predicted octanol–water partition coefficient (Wildman–Crippen LogP) is 3.79. The van der Waals surface area contributed by atoms with Crippen LogP contribution in [0.1, 0.15) is 29.9 Å². The molecule has 2 aliphatic heterocycles. The van der Waals surface area contributed by atoms with Crippen molar-refractivity contribution in [3.63, 3.8) is 0 Å². The molecule has 4 aliphatic rings. The van der Waals surface area contributed by atoms with Crippen molar-refractivity contribution in [2.75, 3.05) is 4.90 Å². The first kappa shape index (κ1) is 25.0. The lowest BCUT2D eigenvalue weighted by Crippen LogP contribution is -2.60. The molecule has 2 heterocycles. The lowest BCUT2D eigenvalue weighted by Gasteiger charge is -2.50. The number of allylic oxidation sites excluding steroid dienone is 2. The summed E-state index contributed by atoms with van der Waals surface area (Å²) in [5.41, 5.74) is 1.61. The van der Waals surface area contributed by atoms with Crippen molar-refractivity contribution in [3.05, 3.63) is 71.1 Å². The molecule has 0 spiro atoms. The zero-order valence-corrected chi connectivity index (χ0v) is 21.4. The summed E-state index contributed by atoms with van der Waals surface area (Å²) < 4.78 is 13.6. The second-order valence-electron chi connectivity index (χ2n) is 10.3. The monoisotopic (exact) mass is 558 g/mol. The number of phenolic OH excluding ortho intramolecular Hbond substituents is 1. The number of carbonyl (C=O) groups is 4. The standard InChI is InChI=1S/C27H21Cl2FN2O6/c1-12-10-13(2-9-19(12)33)21-16-7-8-17-20(23(35)32(38)22(17)34)18(16)11-26(28)24(36)31(25(37)27(21,26)29)15-5-3-14(30)4-6-15/h2-7,9-10,17-18,20-21,33,38H,8,11H2,1H3. The average molecular weight is 559 g/mol. The van der Waals surface area contributed by atoms with Crippen LogP contribution >= 0.6 is 23.2 Å². The third-order valence-electron chi connectivity index (χ3n) is 8.43. The highest BCUT2D eigenvalue weighted by Gasteiger charge is 2.76. The van der Waals surface area contributed by atoms with Crippen molar-refractivity contribution in [2.45, 2.75) is 35.4 Å². The topological polar surface area (TPSA) is 115 Å². The highest BCUT2D eigenvalue weighted by atomic mass is 35.5. The van der Waals surface area contributed by atoms with E-state index in [2.05, 4.69) is 0 Å². The number of carbonyl (C=O) groups excluding carboxylic acids is 4. The normalized spacial score (nSPS) is 34.3. The quantitative estimate of drug-likeness (QED) is 0.251. The molecule has 4 amide bonds. The number of rotatable bonds is 2. The molecule has 8 nitrogen and oxygen atoms in total. The first-order valence-corrected chi connectivity index (χ1v) is 12.8. The molecule has 1 saturated carbocycles. The number of amides is 4. The lowest BCUT2D eigenvalue weighted by atomic mass is 9.56. The van der Waals surface area contributed by atoms with Crippen LogP contribution in [0.4, 0.5) is 10.1 Å². The van der Waals surface area contributed by atoms with Crippen molar-refractivity contribution in [2.24, 2.45) is 17.8 Å². The van der Waals surface area contributed by atoms with Crippen LogP contribution in [0.25, 0.3) is 0 Å². The number of hydroxylamine groups is 2. The zero-order valence-electron chi connectivity index (χ0n) is 19.9. The molecule has 6 atom stereocenters. The van der Waals surface area contributed by atoms with Crippen LogP contribution < -0.4 is 4.90 Å². The fourth-order valence-corrected chi connectivity index (χ4v) is 7.55. The number of nitrogens with zero attached hydrogens (tertiary/aromatic N) is 2. The van der Waals surface area contributed by atoms with Gasteiger partial charge in [-0.1, -0.05) is 23.8 Å². The first-order valence-electron chi connectivity index (χ1n) is 12.0. The number of fused-ring (bicyclic) bond motifs is 4. The Morgan fingerprint density at radius 3 is 2.32 bits per heavy atom. The summed E-state index contributed by atoms with van der Waals surface area (Å²) in [5, 5.41) is 20.4. The molecule has 0 bridgehead atoms. The van der Waals surface area contributed by atoms with Gasteiger partial charge in [-0.15, -0.1) is 23.2 Å². The molecule has 11 heteroatoms. The third-order valence-corrected chi connectivity index (χ3v) is 9.84. The van der Waals surface area contributed by atoms with Gasteiger partial charge in [0.2, 0.25) is 0 Å². The molecule has 38 heavy (non-hydrogen) atoms. The van der Waals surface area contributed by atoms with E-state index in [0.717, 1.165) is 17.0 Å². The summed E-state index contributed by atoms with van der Waals surface area (Å²) in [6, 6.07) is 9.39. The maximum Gasteiger partial charge on any atom is 0.258 e. The molecule has 6 unspecified atom stereocenters. The van der Waals surface area contributed by atoms with E-state index in [4.69, 9.17) is 23.2 Å². The Hall–Kier alpha value is -3.27. The summed E-state index contributed by atoms with van der Waals surface area (Å²) in [4.78, 5) is 50.4. The van der Waals surface area contributed by atoms with Gasteiger partial charge in [0, 0.05) is 5.92 Å². The molecular formula is C27H21Cl2FN2O6. The number of halogens is 3. The Labute approximate surface area is 226 Å². The molecule has 2 aromatic rings. The average Bonchev–Trinajstić information content (AvgIpc) is 3.19. The van der Waals surface area contributed by atoms with E-state index < -0.39 is 62.9 Å². The highest BCUT2D eigenvalue weighted by molar-refractivity contribution is 6.58. The smallest absolute Gasteiger partial charge is 0.258 e. The minimum atomic E-state index is -2.05. The molecule has 196 valence electrons. The Morgan fingerprint density at radius 1 is 0.974 bits per heavy atom. The van der Waals surface area contributed by atoms with Gasteiger partial charge in [-0.2, -0.15) is 5.06 Å². The van der Waals surface area contributed by atoms with Crippen molar-refractivity contribution in [1.82, 2.24) is 5.06 Å². The number of imide groups is 2. The van der Waals surface area contributed by atoms with Gasteiger partial charge in [-0.3, -0.25) is 24.4 Å². The van der Waals surface area contributed by atoms with Crippen LogP contribution in [0.3, 0.4) is 0 Å². The maximum absolute atomic E-state index is 14.1. The highest BCUT2D eigenvalue weighted by Crippen LogP contribution is 2.65. The van der Waals surface area contributed by atoms with Crippen molar-refractivity contribution >= 4 is 52.5 Å². The Balaban J connectivity index is 1.58. The van der Waals surface area contributed by atoms with Gasteiger partial charge in [0.05, 0.1) is 17.5 Å². The number of aromatic hydroxyl groups is 1. The second-order valence-corrected chi connectivity index (χ2v) is 11.5. The fourth-order valence-electron chi connectivity index (χ4n) is 6.61. The molecule has 6 rings (SSSR count). The van der Waals surface area contributed by atoms with Gasteiger partial charge in [0.15, 0.2) is 9.75 Å². The first-order chi connectivity index (χ1) is 17.9. The van der Waals surface area contributed by atoms with Crippen molar-refractivity contribution in [1.29, 1.82) is 0 Å². The Morgan fingerprint density at radius 2 is 1.66 bits per heavy atom. The number of alkyl halides is 2. The van der Waals surface area contributed by atoms with E-state index in [-0.39, 0.29) is 29.3 Å². The molecule has 2 aliphatic carbocycles. The van der Waals surface area contributed by atoms with Crippen LogP contribution in [-0.2, 0) is 19.2 Å². The van der Waals surface area contributed by atoms with Gasteiger partial charge < -0.3 is 5.11 Å². The molecular weight excluding hydrogens is 538 g/mol. The third kappa shape index (κ3) is 3.00. The van der Waals surface area contributed by atoms with Gasteiger partial charge in [0.1, 0.15) is 11.6 Å². The summed E-state index contributed by atoms with van der Waals surface area (Å²) in [6.45, 7) is 1.66. The second kappa shape index (κ2) is 8.11. The number of benzene rings is 2. The Kier molecular flexibility index (Phi) is 5.35. The van der Waals surface area contributed by atoms with Gasteiger partial charge in [-0.25, -0.2) is 9.29 Å². The molecule has 2 N–H and O–H groups in total. The van der Waals surface area contributed by atoms with Crippen molar-refractivity contribution in [3.8, 4) is 5.75 Å². The lowest BCUT2D eigenvalue weighted by molar-refractivity contribution is -0.173. The molecule has 0 radical (unpaired) electrons. The summed E-state index contributed by atoms with van der Waals surface area (Å²) in [6.07, 6.45) is 1.62. The minimum absolute atomic E-state index is 0.00816. The largest absolute Gasteiger partial charge is 0.508 e. The predicted molar refractivity (Wildman–Crippen MR) is 133 cm³/mol. The number of hydrogen-bond donors (Lipinski definition) is 2. The summed E-state index contributed by atoms with van der Waals surface area (Å²) in [5.74, 6) is -7.36. The van der Waals surface area contributed by atoms with Crippen molar-refractivity contribution < 1.29 is 33.9 Å². The van der Waals surface area contributed by atoms with Crippen LogP contribution in [0, 0.1) is 30.5 Å². The molecule has 0 aromatic heterocycles. The van der Waals surface area contributed by atoms with Crippen LogP contribution in [0.2, 0.25) is 0 Å². The van der Waals surface area contributed by atoms with E-state index in [9.17, 15) is 33.9 Å². The molecule has 3 fully saturated rings.